The molecule has 0 N–H and O–H groups in total. The monoisotopic (exact) mass is 347 g/mol. The molecule has 4 nitrogen and oxygen atoms in total. The summed E-state index contributed by atoms with van der Waals surface area (Å²) in [5, 5.41) is 0.543. The van der Waals surface area contributed by atoms with Gasteiger partial charge in [-0.3, -0.25) is 14.5 Å². The zero-order valence-electron chi connectivity index (χ0n) is 12.6. The molecule has 118 valence electrons. The van der Waals surface area contributed by atoms with E-state index in [2.05, 4.69) is 0 Å². The van der Waals surface area contributed by atoms with E-state index in [1.165, 1.54) is 6.92 Å². The van der Waals surface area contributed by atoms with E-state index in [9.17, 15) is 9.59 Å². The zero-order chi connectivity index (χ0) is 16.6. The number of esters is 1. The molecule has 1 heterocycles. The van der Waals surface area contributed by atoms with E-state index in [-0.39, 0.29) is 5.91 Å². The van der Waals surface area contributed by atoms with Crippen LogP contribution < -0.4 is 4.90 Å². The molecule has 0 unspecified atom stereocenters. The van der Waals surface area contributed by atoms with Crippen molar-refractivity contribution in [1.82, 2.24) is 0 Å². The summed E-state index contributed by atoms with van der Waals surface area (Å²) >= 11 is 7.68. The Balaban J connectivity index is 2.09. The number of benzene rings is 2. The Bertz CT molecular complexity index is 793. The van der Waals surface area contributed by atoms with E-state index < -0.39 is 12.1 Å². The third kappa shape index (κ3) is 3.07. The van der Waals surface area contributed by atoms with Crippen LogP contribution in [-0.2, 0) is 14.3 Å². The average Bonchev–Trinajstić information content (AvgIpc) is 2.51. The molecule has 0 spiro atoms. The Morgan fingerprint density at radius 1 is 1.13 bits per heavy atom. The molecule has 23 heavy (non-hydrogen) atoms. The first-order valence-electron chi connectivity index (χ1n) is 7.05. The third-order valence-corrected chi connectivity index (χ3v) is 4.76. The molecule has 1 aliphatic heterocycles. The predicted molar refractivity (Wildman–Crippen MR) is 90.4 cm³/mol. The van der Waals surface area contributed by atoms with Gasteiger partial charge in [0.1, 0.15) is 0 Å². The minimum atomic E-state index is -0.879. The largest absolute Gasteiger partial charge is 0.453 e. The molecular weight excluding hydrogens is 334 g/mol. The Morgan fingerprint density at radius 3 is 2.57 bits per heavy atom. The van der Waals surface area contributed by atoms with Crippen LogP contribution in [0.15, 0.2) is 52.3 Å². The number of hydrogen-bond donors (Lipinski definition) is 0. The van der Waals surface area contributed by atoms with Crippen molar-refractivity contribution < 1.29 is 14.3 Å². The minimum absolute atomic E-state index is 0.309. The second kappa shape index (κ2) is 6.26. The molecule has 2 aromatic rings. The molecule has 0 radical (unpaired) electrons. The van der Waals surface area contributed by atoms with Crippen LogP contribution >= 0.6 is 23.4 Å². The van der Waals surface area contributed by atoms with Crippen molar-refractivity contribution in [1.29, 1.82) is 0 Å². The average molecular weight is 348 g/mol. The van der Waals surface area contributed by atoms with Crippen molar-refractivity contribution in [2.24, 2.45) is 0 Å². The molecule has 6 heteroatoms. The van der Waals surface area contributed by atoms with Gasteiger partial charge in [0.2, 0.25) is 0 Å². The lowest BCUT2D eigenvalue weighted by Gasteiger charge is -2.32. The van der Waals surface area contributed by atoms with Crippen LogP contribution in [0.25, 0.3) is 0 Å². The molecule has 0 bridgehead atoms. The number of fused-ring (bicyclic) bond motifs is 2. The summed E-state index contributed by atoms with van der Waals surface area (Å²) in [6, 6.07) is 13.0. The van der Waals surface area contributed by atoms with E-state index >= 15 is 0 Å². The number of amides is 1. The van der Waals surface area contributed by atoms with Gasteiger partial charge in [-0.2, -0.15) is 0 Å². The number of carbonyl (C=O) groups excluding carboxylic acids is 2. The van der Waals surface area contributed by atoms with Gasteiger partial charge in [0.05, 0.1) is 11.4 Å². The zero-order valence-corrected chi connectivity index (χ0v) is 14.1. The van der Waals surface area contributed by atoms with Gasteiger partial charge in [-0.25, -0.2) is 0 Å². The van der Waals surface area contributed by atoms with Crippen LogP contribution in [0.2, 0.25) is 5.02 Å². The highest BCUT2D eigenvalue weighted by molar-refractivity contribution is 7.99. The van der Waals surface area contributed by atoms with Crippen molar-refractivity contribution in [3.05, 3.63) is 47.5 Å². The number of anilines is 2. The first-order chi connectivity index (χ1) is 11.0. The minimum Gasteiger partial charge on any atom is -0.453 e. The number of carbonyl (C=O) groups is 2. The van der Waals surface area contributed by atoms with Crippen LogP contribution in [0.3, 0.4) is 0 Å². The summed E-state index contributed by atoms with van der Waals surface area (Å²) in [5.74, 6) is -0.798. The third-order valence-electron chi connectivity index (χ3n) is 3.40. The van der Waals surface area contributed by atoms with E-state index in [1.54, 1.807) is 35.7 Å². The highest BCUT2D eigenvalue weighted by Gasteiger charge is 2.32. The predicted octanol–water partition coefficient (Wildman–Crippen LogP) is 4.42. The number of rotatable bonds is 2. The molecule has 0 fully saturated rings. The van der Waals surface area contributed by atoms with E-state index in [1.807, 2.05) is 30.3 Å². The summed E-state index contributed by atoms with van der Waals surface area (Å²) in [5.41, 5.74) is 1.46. The molecule has 1 atom stereocenters. The van der Waals surface area contributed by atoms with Gasteiger partial charge in [0.15, 0.2) is 6.10 Å². The first-order valence-corrected chi connectivity index (χ1v) is 8.24. The van der Waals surface area contributed by atoms with Crippen molar-refractivity contribution >= 4 is 46.6 Å². The van der Waals surface area contributed by atoms with Gasteiger partial charge in [-0.05, 0) is 37.3 Å². The molecule has 3 rings (SSSR count). The van der Waals surface area contributed by atoms with Crippen LogP contribution in [0.5, 0.6) is 0 Å². The summed E-state index contributed by atoms with van der Waals surface area (Å²) < 4.78 is 5.06. The summed E-state index contributed by atoms with van der Waals surface area (Å²) in [6.07, 6.45) is -0.879. The molecule has 1 amide bonds. The molecular formula is C17H14ClNO3S. The lowest BCUT2D eigenvalue weighted by molar-refractivity contribution is -0.151. The molecule has 0 aliphatic carbocycles. The molecule has 2 aromatic carbocycles. The fourth-order valence-corrected chi connectivity index (χ4v) is 3.65. The normalized spacial score (nSPS) is 13.8. The summed E-state index contributed by atoms with van der Waals surface area (Å²) in [4.78, 5) is 27.5. The van der Waals surface area contributed by atoms with Gasteiger partial charge >= 0.3 is 5.97 Å². The number of halogens is 1. The van der Waals surface area contributed by atoms with Gasteiger partial charge in [-0.1, -0.05) is 35.5 Å². The van der Waals surface area contributed by atoms with Crippen LogP contribution in [0.4, 0.5) is 11.4 Å². The highest BCUT2D eigenvalue weighted by atomic mass is 35.5. The van der Waals surface area contributed by atoms with Crippen molar-refractivity contribution in [2.45, 2.75) is 29.7 Å². The number of nitrogens with zero attached hydrogens (tertiary/aromatic N) is 1. The number of ether oxygens (including phenoxy) is 1. The standard InChI is InChI=1S/C17H14ClNO3S/c1-10(22-11(2)20)17(21)19-13-5-3-4-6-15(13)23-16-8-7-12(18)9-14(16)19/h3-10H,1-2H3/t10-/m1/s1. The van der Waals surface area contributed by atoms with Crippen molar-refractivity contribution in [3.8, 4) is 0 Å². The van der Waals surface area contributed by atoms with E-state index in [0.29, 0.717) is 10.7 Å². The van der Waals surface area contributed by atoms with Crippen molar-refractivity contribution in [3.63, 3.8) is 0 Å². The fourth-order valence-electron chi connectivity index (χ4n) is 2.45. The van der Waals surface area contributed by atoms with Gasteiger partial charge < -0.3 is 4.74 Å². The maximum Gasteiger partial charge on any atom is 0.303 e. The second-order valence-electron chi connectivity index (χ2n) is 5.11. The Morgan fingerprint density at radius 2 is 1.83 bits per heavy atom. The van der Waals surface area contributed by atoms with Crippen LogP contribution in [0.1, 0.15) is 13.8 Å². The quantitative estimate of drug-likeness (QED) is 0.754. The Kier molecular flexibility index (Phi) is 4.33. The first kappa shape index (κ1) is 15.9. The maximum absolute atomic E-state index is 12.9. The van der Waals surface area contributed by atoms with Gasteiger partial charge in [-0.15, -0.1) is 0 Å². The second-order valence-corrected chi connectivity index (χ2v) is 6.63. The lowest BCUT2D eigenvalue weighted by Crippen LogP contribution is -2.38. The van der Waals surface area contributed by atoms with Crippen molar-refractivity contribution in [2.75, 3.05) is 4.90 Å². The smallest absolute Gasteiger partial charge is 0.303 e. The van der Waals surface area contributed by atoms with Crippen LogP contribution in [-0.4, -0.2) is 18.0 Å². The molecule has 0 aromatic heterocycles. The van der Waals surface area contributed by atoms with Gasteiger partial charge in [0.25, 0.3) is 5.91 Å². The van der Waals surface area contributed by atoms with Crippen LogP contribution in [0, 0.1) is 0 Å². The number of para-hydroxylation sites is 1. The van der Waals surface area contributed by atoms with E-state index in [0.717, 1.165) is 15.5 Å². The molecule has 1 aliphatic rings. The topological polar surface area (TPSA) is 46.6 Å². The molecule has 0 saturated carbocycles. The SMILES string of the molecule is CC(=O)O[C@H](C)C(=O)N1c2ccccc2Sc2ccc(Cl)cc21. The Labute approximate surface area is 143 Å². The molecule has 0 saturated heterocycles. The lowest BCUT2D eigenvalue weighted by atomic mass is 10.2. The Hall–Kier alpha value is -1.98. The summed E-state index contributed by atoms with van der Waals surface area (Å²) in [7, 11) is 0. The van der Waals surface area contributed by atoms with Gasteiger partial charge in [0, 0.05) is 21.7 Å². The fraction of sp³-hybridized carbons (Fsp3) is 0.176. The summed E-state index contributed by atoms with van der Waals surface area (Å²) in [6.45, 7) is 2.85. The highest BCUT2D eigenvalue weighted by Crippen LogP contribution is 2.49. The number of hydrogen-bond acceptors (Lipinski definition) is 4. The maximum atomic E-state index is 12.9. The van der Waals surface area contributed by atoms with E-state index in [4.69, 9.17) is 16.3 Å².